The van der Waals surface area contributed by atoms with Gasteiger partial charge in [0.1, 0.15) is 0 Å². The van der Waals surface area contributed by atoms with E-state index in [0.29, 0.717) is 5.92 Å². The van der Waals surface area contributed by atoms with Gasteiger partial charge in [-0.05, 0) is 0 Å². The Kier molecular flexibility index (Phi) is 0.601. The van der Waals surface area contributed by atoms with Crippen LogP contribution >= 0.6 is 0 Å². The van der Waals surface area contributed by atoms with Crippen molar-refractivity contribution < 1.29 is 0 Å². The van der Waals surface area contributed by atoms with Gasteiger partial charge in [-0.3, -0.25) is 5.84 Å². The summed E-state index contributed by atoms with van der Waals surface area (Å²) in [4.78, 5) is 0. The van der Waals surface area contributed by atoms with Gasteiger partial charge in [0.15, 0.2) is 0 Å². The molecule has 1 rings (SSSR count). The lowest BCUT2D eigenvalue weighted by Crippen LogP contribution is -2.16. The van der Waals surface area contributed by atoms with Gasteiger partial charge in [0, 0.05) is 11.6 Å². The summed E-state index contributed by atoms with van der Waals surface area (Å²) < 4.78 is 0. The van der Waals surface area contributed by atoms with Gasteiger partial charge in [-0.2, -0.15) is 0 Å². The van der Waals surface area contributed by atoms with E-state index in [0.717, 1.165) is 5.70 Å². The SMILES string of the molecule is CC1C=C1NN. The molecular formula is C4H8N2. The van der Waals surface area contributed by atoms with Crippen LogP contribution in [0.4, 0.5) is 0 Å². The van der Waals surface area contributed by atoms with E-state index in [1.54, 1.807) is 0 Å². The van der Waals surface area contributed by atoms with Crippen molar-refractivity contribution in [1.29, 1.82) is 0 Å². The summed E-state index contributed by atoms with van der Waals surface area (Å²) in [5.41, 5.74) is 3.71. The Morgan fingerprint density at radius 1 is 2.00 bits per heavy atom. The zero-order chi connectivity index (χ0) is 4.57. The Morgan fingerprint density at radius 2 is 2.50 bits per heavy atom. The van der Waals surface area contributed by atoms with Crippen LogP contribution in [0, 0.1) is 5.92 Å². The molecule has 0 aromatic carbocycles. The van der Waals surface area contributed by atoms with Crippen LogP contribution < -0.4 is 11.3 Å². The first-order valence-corrected chi connectivity index (χ1v) is 2.03. The van der Waals surface area contributed by atoms with Crippen molar-refractivity contribution in [3.05, 3.63) is 11.8 Å². The molecule has 6 heavy (non-hydrogen) atoms. The molecule has 1 aliphatic carbocycles. The highest BCUT2D eigenvalue weighted by molar-refractivity contribution is 5.24. The highest BCUT2D eigenvalue weighted by atomic mass is 15.2. The van der Waals surface area contributed by atoms with Crippen LogP contribution in [0.2, 0.25) is 0 Å². The number of rotatable bonds is 1. The fourth-order valence-electron chi connectivity index (χ4n) is 0.401. The van der Waals surface area contributed by atoms with Crippen LogP contribution in [0.1, 0.15) is 6.92 Å². The molecule has 1 aliphatic rings. The molecule has 0 fully saturated rings. The lowest BCUT2D eigenvalue weighted by Gasteiger charge is -1.85. The van der Waals surface area contributed by atoms with Crippen LogP contribution in [-0.2, 0) is 0 Å². The Labute approximate surface area is 37.0 Å². The van der Waals surface area contributed by atoms with Gasteiger partial charge >= 0.3 is 0 Å². The fraction of sp³-hybridized carbons (Fsp3) is 0.500. The highest BCUT2D eigenvalue weighted by Crippen LogP contribution is 2.22. The van der Waals surface area contributed by atoms with E-state index in [9.17, 15) is 0 Å². The van der Waals surface area contributed by atoms with Gasteiger partial charge in [-0.15, -0.1) is 0 Å². The molecule has 0 aromatic heterocycles. The topological polar surface area (TPSA) is 38.0 Å². The van der Waals surface area contributed by atoms with Crippen LogP contribution in [0.5, 0.6) is 0 Å². The van der Waals surface area contributed by atoms with Crippen LogP contribution in [-0.4, -0.2) is 0 Å². The van der Waals surface area contributed by atoms with Crippen molar-refractivity contribution in [3.8, 4) is 0 Å². The number of nitrogens with one attached hydrogen (secondary N) is 1. The van der Waals surface area contributed by atoms with E-state index in [1.807, 2.05) is 0 Å². The molecule has 0 amide bonds. The van der Waals surface area contributed by atoms with E-state index in [1.165, 1.54) is 0 Å². The van der Waals surface area contributed by atoms with Crippen molar-refractivity contribution in [3.63, 3.8) is 0 Å². The zero-order valence-corrected chi connectivity index (χ0v) is 3.73. The molecule has 34 valence electrons. The van der Waals surface area contributed by atoms with Crippen molar-refractivity contribution in [2.75, 3.05) is 0 Å². The Hall–Kier alpha value is -0.500. The van der Waals surface area contributed by atoms with E-state index in [-0.39, 0.29) is 0 Å². The second-order valence-electron chi connectivity index (χ2n) is 1.56. The second-order valence-corrected chi connectivity index (χ2v) is 1.56. The van der Waals surface area contributed by atoms with Crippen LogP contribution in [0.15, 0.2) is 11.8 Å². The lowest BCUT2D eigenvalue weighted by atomic mass is 10.4. The summed E-state index contributed by atoms with van der Waals surface area (Å²) >= 11 is 0. The van der Waals surface area contributed by atoms with E-state index >= 15 is 0 Å². The summed E-state index contributed by atoms with van der Waals surface area (Å²) in [6, 6.07) is 0. The van der Waals surface area contributed by atoms with Gasteiger partial charge in [0.05, 0.1) is 0 Å². The minimum Gasteiger partial charge on any atom is -0.328 e. The molecule has 3 N–H and O–H groups in total. The molecule has 1 atom stereocenters. The molecule has 0 aliphatic heterocycles. The summed E-state index contributed by atoms with van der Waals surface area (Å²) in [5, 5.41) is 0. The number of hydrazine groups is 1. The summed E-state index contributed by atoms with van der Waals surface area (Å²) in [5.74, 6) is 5.63. The molecular weight excluding hydrogens is 76.1 g/mol. The van der Waals surface area contributed by atoms with Crippen molar-refractivity contribution >= 4 is 0 Å². The molecule has 0 saturated carbocycles. The first-order chi connectivity index (χ1) is 2.84. The Bertz CT molecular complexity index is 85.5. The highest BCUT2D eigenvalue weighted by Gasteiger charge is 2.16. The van der Waals surface area contributed by atoms with Crippen molar-refractivity contribution in [1.82, 2.24) is 5.43 Å². The van der Waals surface area contributed by atoms with Gasteiger partial charge in [0.2, 0.25) is 0 Å². The van der Waals surface area contributed by atoms with Crippen LogP contribution in [0.3, 0.4) is 0 Å². The maximum atomic E-state index is 5.01. The molecule has 0 heterocycles. The molecule has 2 heteroatoms. The molecule has 0 bridgehead atoms. The first kappa shape index (κ1) is 3.68. The van der Waals surface area contributed by atoms with Crippen molar-refractivity contribution in [2.45, 2.75) is 6.92 Å². The summed E-state index contributed by atoms with van der Waals surface area (Å²) in [6.07, 6.45) is 2.07. The summed E-state index contributed by atoms with van der Waals surface area (Å²) in [6.45, 7) is 2.09. The predicted molar refractivity (Wildman–Crippen MR) is 24.6 cm³/mol. The third-order valence-corrected chi connectivity index (χ3v) is 0.978. The molecule has 0 saturated heterocycles. The predicted octanol–water partition coefficient (Wildman–Crippen LogP) is -0.0167. The van der Waals surface area contributed by atoms with E-state index < -0.39 is 0 Å². The monoisotopic (exact) mass is 84.1 g/mol. The van der Waals surface area contributed by atoms with Gasteiger partial charge in [-0.1, -0.05) is 13.0 Å². The third kappa shape index (κ3) is 0.389. The fourth-order valence-corrected chi connectivity index (χ4v) is 0.401. The zero-order valence-electron chi connectivity index (χ0n) is 3.73. The number of allylic oxidation sites excluding steroid dienone is 2. The molecule has 0 spiro atoms. The van der Waals surface area contributed by atoms with Gasteiger partial charge in [0.25, 0.3) is 0 Å². The van der Waals surface area contributed by atoms with Crippen molar-refractivity contribution in [2.24, 2.45) is 11.8 Å². The smallest absolute Gasteiger partial charge is 0.0292 e. The average Bonchev–Trinajstić information content (AvgIpc) is 2.19. The van der Waals surface area contributed by atoms with E-state index in [2.05, 4.69) is 18.4 Å². The molecule has 1 unspecified atom stereocenters. The maximum absolute atomic E-state index is 5.01. The normalized spacial score (nSPS) is 29.0. The largest absolute Gasteiger partial charge is 0.328 e. The van der Waals surface area contributed by atoms with Crippen LogP contribution in [0.25, 0.3) is 0 Å². The molecule has 0 aromatic rings. The molecule has 2 nitrogen and oxygen atoms in total. The number of hydrogen-bond acceptors (Lipinski definition) is 2. The third-order valence-electron chi connectivity index (χ3n) is 0.978. The average molecular weight is 84.1 g/mol. The minimum absolute atomic E-state index is 0.620. The number of nitrogens with two attached hydrogens (primary N) is 1. The quantitative estimate of drug-likeness (QED) is 0.346. The second kappa shape index (κ2) is 0.980. The first-order valence-electron chi connectivity index (χ1n) is 2.03. The minimum atomic E-state index is 0.620. The maximum Gasteiger partial charge on any atom is 0.0292 e. The standard InChI is InChI=1S/C4H8N2/c1-3-2-4(3)6-5/h2-3,6H,5H2,1H3. The van der Waals surface area contributed by atoms with E-state index in [4.69, 9.17) is 5.84 Å². The number of hydrogen-bond donors (Lipinski definition) is 2. The van der Waals surface area contributed by atoms with Gasteiger partial charge in [-0.25, -0.2) is 0 Å². The van der Waals surface area contributed by atoms with Gasteiger partial charge < -0.3 is 5.43 Å². The summed E-state index contributed by atoms with van der Waals surface area (Å²) in [7, 11) is 0. The lowest BCUT2D eigenvalue weighted by molar-refractivity contribution is 0.844. The Morgan fingerprint density at radius 3 is 2.50 bits per heavy atom. The Balaban J connectivity index is 2.23. The molecule has 0 radical (unpaired) electrons.